The van der Waals surface area contributed by atoms with Gasteiger partial charge in [0.1, 0.15) is 23.7 Å². The van der Waals surface area contributed by atoms with Crippen LogP contribution in [0.5, 0.6) is 0 Å². The Hall–Kier alpha value is -3.02. The summed E-state index contributed by atoms with van der Waals surface area (Å²) in [6, 6.07) is 12.1. The van der Waals surface area contributed by atoms with E-state index in [2.05, 4.69) is 64.5 Å². The number of aromatic nitrogens is 2. The molecule has 0 saturated heterocycles. The van der Waals surface area contributed by atoms with Gasteiger partial charge in [-0.15, -0.1) is 0 Å². The third-order valence-corrected chi connectivity index (χ3v) is 4.29. The maximum absolute atomic E-state index is 5.32. The van der Waals surface area contributed by atoms with Gasteiger partial charge in [0.05, 0.1) is 12.8 Å². The number of nitrogens with one attached hydrogen (secondary N) is 2. The first-order chi connectivity index (χ1) is 12.7. The second kappa shape index (κ2) is 8.38. The van der Waals surface area contributed by atoms with E-state index in [9.17, 15) is 0 Å². The Morgan fingerprint density at radius 1 is 1.04 bits per heavy atom. The van der Waals surface area contributed by atoms with Gasteiger partial charge in [0.25, 0.3) is 0 Å². The summed E-state index contributed by atoms with van der Waals surface area (Å²) < 4.78 is 5.32. The Bertz CT molecular complexity index is 828. The average molecular weight is 351 g/mol. The Morgan fingerprint density at radius 2 is 1.85 bits per heavy atom. The average Bonchev–Trinajstić information content (AvgIpc) is 3.17. The highest BCUT2D eigenvalue weighted by atomic mass is 16.3. The van der Waals surface area contributed by atoms with Crippen LogP contribution < -0.4 is 15.5 Å². The van der Waals surface area contributed by atoms with Crippen molar-refractivity contribution < 1.29 is 4.42 Å². The molecule has 0 radical (unpaired) electrons. The molecule has 26 heavy (non-hydrogen) atoms. The molecule has 136 valence electrons. The van der Waals surface area contributed by atoms with E-state index in [-0.39, 0.29) is 0 Å². The third-order valence-electron chi connectivity index (χ3n) is 4.29. The summed E-state index contributed by atoms with van der Waals surface area (Å²) in [5, 5.41) is 6.61. The van der Waals surface area contributed by atoms with Crippen LogP contribution in [0.3, 0.4) is 0 Å². The summed E-state index contributed by atoms with van der Waals surface area (Å²) in [6.07, 6.45) is 3.21. The van der Waals surface area contributed by atoms with E-state index < -0.39 is 0 Å². The van der Waals surface area contributed by atoms with E-state index in [1.54, 1.807) is 12.6 Å². The summed E-state index contributed by atoms with van der Waals surface area (Å²) in [6.45, 7) is 9.03. The Morgan fingerprint density at radius 3 is 2.54 bits per heavy atom. The Labute approximate surface area is 154 Å². The minimum Gasteiger partial charge on any atom is -0.467 e. The first kappa shape index (κ1) is 17.8. The topological polar surface area (TPSA) is 66.2 Å². The summed E-state index contributed by atoms with van der Waals surface area (Å²) in [5.74, 6) is 2.36. The van der Waals surface area contributed by atoms with Gasteiger partial charge in [0, 0.05) is 30.5 Å². The molecule has 1 aromatic carbocycles. The van der Waals surface area contributed by atoms with Crippen molar-refractivity contribution in [2.45, 2.75) is 27.3 Å². The number of anilines is 4. The number of hydrogen-bond acceptors (Lipinski definition) is 6. The van der Waals surface area contributed by atoms with Gasteiger partial charge >= 0.3 is 0 Å². The van der Waals surface area contributed by atoms with Crippen LogP contribution in [-0.2, 0) is 6.54 Å². The lowest BCUT2D eigenvalue weighted by molar-refractivity contribution is 0.518. The molecule has 0 unspecified atom stereocenters. The van der Waals surface area contributed by atoms with Crippen LogP contribution >= 0.6 is 0 Å². The maximum Gasteiger partial charge on any atom is 0.135 e. The lowest BCUT2D eigenvalue weighted by atomic mass is 10.1. The molecule has 2 aromatic heterocycles. The van der Waals surface area contributed by atoms with E-state index in [4.69, 9.17) is 4.42 Å². The van der Waals surface area contributed by atoms with Crippen LogP contribution in [0.15, 0.2) is 53.4 Å². The number of benzene rings is 1. The molecule has 3 rings (SSSR count). The number of nitrogens with zero attached hydrogens (tertiary/aromatic N) is 3. The monoisotopic (exact) mass is 351 g/mol. The lowest BCUT2D eigenvalue weighted by Crippen LogP contribution is -2.21. The van der Waals surface area contributed by atoms with Gasteiger partial charge in [-0.25, -0.2) is 9.97 Å². The molecule has 0 saturated carbocycles. The van der Waals surface area contributed by atoms with Crippen molar-refractivity contribution in [2.24, 2.45) is 0 Å². The summed E-state index contributed by atoms with van der Waals surface area (Å²) in [7, 11) is 0. The van der Waals surface area contributed by atoms with Crippen molar-refractivity contribution in [3.8, 4) is 0 Å². The molecule has 0 fully saturated rings. The van der Waals surface area contributed by atoms with Crippen molar-refractivity contribution in [1.29, 1.82) is 0 Å². The molecule has 0 aliphatic heterocycles. The van der Waals surface area contributed by atoms with E-state index >= 15 is 0 Å². The molecule has 3 aromatic rings. The lowest BCUT2D eigenvalue weighted by Gasteiger charge is -2.22. The standard InChI is InChI=1S/C20H25N5O/c1-4-25(5-2)16-8-9-18(15(3)11-16)24-20-12-19(22-14-23-20)21-13-17-7-6-10-26-17/h6-12,14H,4-5,13H2,1-3H3,(H2,21,22,23,24). The zero-order valence-electron chi connectivity index (χ0n) is 15.5. The van der Waals surface area contributed by atoms with Gasteiger partial charge < -0.3 is 20.0 Å². The predicted octanol–water partition coefficient (Wildman–Crippen LogP) is 4.58. The van der Waals surface area contributed by atoms with Crippen LogP contribution in [0.2, 0.25) is 0 Å². The molecule has 6 nitrogen and oxygen atoms in total. The number of aryl methyl sites for hydroxylation is 1. The van der Waals surface area contributed by atoms with E-state index in [0.29, 0.717) is 6.54 Å². The highest BCUT2D eigenvalue weighted by Crippen LogP contribution is 2.25. The smallest absolute Gasteiger partial charge is 0.135 e. The second-order valence-corrected chi connectivity index (χ2v) is 6.02. The van der Waals surface area contributed by atoms with Crippen LogP contribution in [-0.4, -0.2) is 23.1 Å². The number of rotatable bonds is 8. The molecule has 0 bridgehead atoms. The molecule has 6 heteroatoms. The first-order valence-corrected chi connectivity index (χ1v) is 8.90. The van der Waals surface area contributed by atoms with Gasteiger partial charge in [-0.3, -0.25) is 0 Å². The minimum absolute atomic E-state index is 0.584. The van der Waals surface area contributed by atoms with Gasteiger partial charge in [-0.05, 0) is 56.7 Å². The normalized spacial score (nSPS) is 10.6. The largest absolute Gasteiger partial charge is 0.467 e. The van der Waals surface area contributed by atoms with Crippen LogP contribution in [0.1, 0.15) is 25.2 Å². The van der Waals surface area contributed by atoms with Crippen LogP contribution in [0.25, 0.3) is 0 Å². The summed E-state index contributed by atoms with van der Waals surface area (Å²) in [5.41, 5.74) is 3.45. The SMILES string of the molecule is CCN(CC)c1ccc(Nc2cc(NCc3ccco3)ncn2)c(C)c1. The molecule has 0 spiro atoms. The van der Waals surface area contributed by atoms with E-state index in [0.717, 1.165) is 36.2 Å². The van der Waals surface area contributed by atoms with Crippen molar-refractivity contribution >= 4 is 23.0 Å². The quantitative estimate of drug-likeness (QED) is 0.619. The molecule has 2 heterocycles. The van der Waals surface area contributed by atoms with Gasteiger partial charge in [-0.2, -0.15) is 0 Å². The van der Waals surface area contributed by atoms with Crippen molar-refractivity contribution in [2.75, 3.05) is 28.6 Å². The molecule has 0 atom stereocenters. The number of furan rings is 1. The van der Waals surface area contributed by atoms with Crippen LogP contribution in [0.4, 0.5) is 23.0 Å². The van der Waals surface area contributed by atoms with Gasteiger partial charge in [-0.1, -0.05) is 0 Å². The van der Waals surface area contributed by atoms with E-state index in [1.807, 2.05) is 18.2 Å². The highest BCUT2D eigenvalue weighted by molar-refractivity contribution is 5.66. The van der Waals surface area contributed by atoms with E-state index in [1.165, 1.54) is 11.3 Å². The fraction of sp³-hybridized carbons (Fsp3) is 0.300. The number of hydrogen-bond donors (Lipinski definition) is 2. The fourth-order valence-electron chi connectivity index (χ4n) is 2.82. The molecule has 2 N–H and O–H groups in total. The van der Waals surface area contributed by atoms with Crippen molar-refractivity contribution in [3.05, 3.63) is 60.3 Å². The minimum atomic E-state index is 0.584. The van der Waals surface area contributed by atoms with Crippen molar-refractivity contribution in [1.82, 2.24) is 9.97 Å². The Balaban J connectivity index is 1.69. The molecule has 0 amide bonds. The molecular formula is C20H25N5O. The summed E-state index contributed by atoms with van der Waals surface area (Å²) >= 11 is 0. The molecule has 0 aliphatic carbocycles. The van der Waals surface area contributed by atoms with Gasteiger partial charge in [0.2, 0.25) is 0 Å². The molecular weight excluding hydrogens is 326 g/mol. The van der Waals surface area contributed by atoms with Crippen molar-refractivity contribution in [3.63, 3.8) is 0 Å². The highest BCUT2D eigenvalue weighted by Gasteiger charge is 2.07. The zero-order chi connectivity index (χ0) is 18.4. The van der Waals surface area contributed by atoms with Gasteiger partial charge in [0.15, 0.2) is 0 Å². The summed E-state index contributed by atoms with van der Waals surface area (Å²) in [4.78, 5) is 10.9. The predicted molar refractivity (Wildman–Crippen MR) is 106 cm³/mol. The zero-order valence-corrected chi connectivity index (χ0v) is 15.5. The Kier molecular flexibility index (Phi) is 5.73. The third kappa shape index (κ3) is 4.33. The van der Waals surface area contributed by atoms with Crippen LogP contribution in [0, 0.1) is 6.92 Å². The maximum atomic E-state index is 5.32. The molecule has 0 aliphatic rings. The fourth-order valence-corrected chi connectivity index (χ4v) is 2.82. The second-order valence-electron chi connectivity index (χ2n) is 6.02. The first-order valence-electron chi connectivity index (χ1n) is 8.90.